The quantitative estimate of drug-likeness (QED) is 0.747. The number of benzene rings is 1. The van der Waals surface area contributed by atoms with Gasteiger partial charge in [-0.25, -0.2) is 0 Å². The molecule has 0 bridgehead atoms. The number of nitriles is 1. The number of rotatable bonds is 0. The second kappa shape index (κ2) is 3.12. The Hall–Kier alpha value is -0.720. The van der Waals surface area contributed by atoms with Gasteiger partial charge in [-0.3, -0.25) is 0 Å². The summed E-state index contributed by atoms with van der Waals surface area (Å²) in [6, 6.07) is 4.83. The van der Waals surface area contributed by atoms with E-state index in [4.69, 9.17) is 22.0 Å². The summed E-state index contributed by atoms with van der Waals surface area (Å²) in [5.74, 6) is -0.0856. The number of aromatic hydroxyl groups is 1. The molecule has 1 N–H and O–H groups in total. The largest absolute Gasteiger partial charge is 0.506 e. The fraction of sp³-hybridized carbons (Fsp3) is 0. The highest BCUT2D eigenvalue weighted by atomic mass is 79.9. The van der Waals surface area contributed by atoms with Crippen LogP contribution in [-0.2, 0) is 0 Å². The number of halogens is 2. The van der Waals surface area contributed by atoms with Crippen LogP contribution in [0, 0.1) is 11.3 Å². The molecule has 0 radical (unpaired) electrons. The van der Waals surface area contributed by atoms with Gasteiger partial charge >= 0.3 is 0 Å². The third-order valence-electron chi connectivity index (χ3n) is 1.14. The Morgan fingerprint density at radius 2 is 2.18 bits per heavy atom. The fourth-order valence-electron chi connectivity index (χ4n) is 0.656. The molecule has 0 aromatic heterocycles. The van der Waals surface area contributed by atoms with Crippen molar-refractivity contribution >= 4 is 27.5 Å². The summed E-state index contributed by atoms with van der Waals surface area (Å²) in [5.41, 5.74) is 0.263. The molecule has 0 aliphatic heterocycles. The molecule has 4 heteroatoms. The van der Waals surface area contributed by atoms with E-state index in [1.807, 2.05) is 6.07 Å². The van der Waals surface area contributed by atoms with E-state index in [1.165, 1.54) is 6.07 Å². The minimum atomic E-state index is -0.0856. The summed E-state index contributed by atoms with van der Waals surface area (Å²) >= 11 is 8.69. The van der Waals surface area contributed by atoms with Crippen molar-refractivity contribution in [2.75, 3.05) is 0 Å². The molecule has 0 amide bonds. The van der Waals surface area contributed by atoms with E-state index in [-0.39, 0.29) is 16.3 Å². The van der Waals surface area contributed by atoms with Crippen LogP contribution >= 0.6 is 27.5 Å². The number of hydrogen-bond donors (Lipinski definition) is 1. The molecule has 0 unspecified atom stereocenters. The minimum absolute atomic E-state index is 0.0856. The van der Waals surface area contributed by atoms with Gasteiger partial charge in [0, 0.05) is 4.47 Å². The summed E-state index contributed by atoms with van der Waals surface area (Å²) < 4.78 is 0.635. The highest BCUT2D eigenvalue weighted by molar-refractivity contribution is 9.10. The lowest BCUT2D eigenvalue weighted by atomic mass is 10.2. The summed E-state index contributed by atoms with van der Waals surface area (Å²) in [5, 5.41) is 17.7. The van der Waals surface area contributed by atoms with Crippen LogP contribution in [0.1, 0.15) is 5.56 Å². The molecule has 1 aromatic rings. The average Bonchev–Trinajstić information content (AvgIpc) is 1.96. The van der Waals surface area contributed by atoms with Gasteiger partial charge in [0.15, 0.2) is 0 Å². The van der Waals surface area contributed by atoms with Gasteiger partial charge in [-0.1, -0.05) is 27.5 Å². The van der Waals surface area contributed by atoms with E-state index in [0.717, 1.165) is 0 Å². The molecule has 0 heterocycles. The molecule has 0 saturated heterocycles. The molecule has 0 fully saturated rings. The van der Waals surface area contributed by atoms with Gasteiger partial charge < -0.3 is 5.11 Å². The molecular formula is C7H3BrClNO. The van der Waals surface area contributed by atoms with Crippen LogP contribution in [0.2, 0.25) is 5.02 Å². The second-order valence-corrected chi connectivity index (χ2v) is 3.19. The van der Waals surface area contributed by atoms with Crippen LogP contribution in [0.3, 0.4) is 0 Å². The molecule has 0 spiro atoms. The van der Waals surface area contributed by atoms with Crippen LogP contribution in [0.25, 0.3) is 0 Å². The van der Waals surface area contributed by atoms with Crippen molar-refractivity contribution in [2.45, 2.75) is 0 Å². The first-order valence-electron chi connectivity index (χ1n) is 2.73. The molecule has 0 atom stereocenters. The molecule has 2 nitrogen and oxygen atoms in total. The van der Waals surface area contributed by atoms with Gasteiger partial charge in [-0.2, -0.15) is 5.26 Å². The van der Waals surface area contributed by atoms with E-state index in [2.05, 4.69) is 15.9 Å². The maximum absolute atomic E-state index is 9.10. The zero-order chi connectivity index (χ0) is 8.43. The van der Waals surface area contributed by atoms with Crippen molar-refractivity contribution in [1.29, 1.82) is 5.26 Å². The Bertz CT molecular complexity index is 332. The molecule has 0 saturated carbocycles. The summed E-state index contributed by atoms with van der Waals surface area (Å²) in [4.78, 5) is 0. The van der Waals surface area contributed by atoms with Crippen LogP contribution in [0.15, 0.2) is 16.6 Å². The first-order chi connectivity index (χ1) is 5.15. The van der Waals surface area contributed by atoms with E-state index < -0.39 is 0 Å². The Morgan fingerprint density at radius 1 is 1.55 bits per heavy atom. The van der Waals surface area contributed by atoms with E-state index in [0.29, 0.717) is 4.47 Å². The van der Waals surface area contributed by atoms with Crippen LogP contribution in [0.4, 0.5) is 0 Å². The lowest BCUT2D eigenvalue weighted by Crippen LogP contribution is -1.77. The van der Waals surface area contributed by atoms with Crippen LogP contribution < -0.4 is 0 Å². The van der Waals surface area contributed by atoms with Gasteiger partial charge in [0.25, 0.3) is 0 Å². The molecule has 0 aliphatic rings. The van der Waals surface area contributed by atoms with Gasteiger partial charge in [0.05, 0.1) is 5.56 Å². The standard InChI is InChI=1S/C7H3BrClNO/c8-5-1-4(3-10)7(9)6(11)2-5/h1-2,11H. The summed E-state index contributed by atoms with van der Waals surface area (Å²) in [6.07, 6.45) is 0. The predicted molar refractivity (Wildman–Crippen MR) is 45.5 cm³/mol. The Morgan fingerprint density at radius 3 is 2.73 bits per heavy atom. The van der Waals surface area contributed by atoms with Crippen molar-refractivity contribution in [3.63, 3.8) is 0 Å². The number of hydrogen-bond acceptors (Lipinski definition) is 2. The zero-order valence-corrected chi connectivity index (χ0v) is 7.65. The monoisotopic (exact) mass is 231 g/mol. The maximum Gasteiger partial charge on any atom is 0.136 e. The maximum atomic E-state index is 9.10. The van der Waals surface area contributed by atoms with Crippen LogP contribution in [-0.4, -0.2) is 5.11 Å². The van der Waals surface area contributed by atoms with Crippen LogP contribution in [0.5, 0.6) is 5.75 Å². The molecule has 56 valence electrons. The third-order valence-corrected chi connectivity index (χ3v) is 1.99. The minimum Gasteiger partial charge on any atom is -0.506 e. The highest BCUT2D eigenvalue weighted by Crippen LogP contribution is 2.30. The van der Waals surface area contributed by atoms with Crippen molar-refractivity contribution in [3.05, 3.63) is 27.2 Å². The third kappa shape index (κ3) is 1.65. The number of phenols is 1. The predicted octanol–water partition coefficient (Wildman–Crippen LogP) is 2.68. The smallest absolute Gasteiger partial charge is 0.136 e. The Kier molecular flexibility index (Phi) is 2.38. The molecule has 0 aliphatic carbocycles. The van der Waals surface area contributed by atoms with Gasteiger partial charge in [0.1, 0.15) is 16.8 Å². The molecule has 1 rings (SSSR count). The zero-order valence-electron chi connectivity index (χ0n) is 5.31. The van der Waals surface area contributed by atoms with Crippen molar-refractivity contribution in [3.8, 4) is 11.8 Å². The topological polar surface area (TPSA) is 44.0 Å². The summed E-state index contributed by atoms with van der Waals surface area (Å²) in [7, 11) is 0. The molecular weight excluding hydrogens is 229 g/mol. The normalized spacial score (nSPS) is 9.18. The molecule has 11 heavy (non-hydrogen) atoms. The lowest BCUT2D eigenvalue weighted by Gasteiger charge is -1.98. The highest BCUT2D eigenvalue weighted by Gasteiger charge is 2.05. The Balaban J connectivity index is 3.39. The van der Waals surface area contributed by atoms with Crippen molar-refractivity contribution in [1.82, 2.24) is 0 Å². The van der Waals surface area contributed by atoms with E-state index in [1.54, 1.807) is 6.07 Å². The first-order valence-corrected chi connectivity index (χ1v) is 3.90. The van der Waals surface area contributed by atoms with Gasteiger partial charge in [0.2, 0.25) is 0 Å². The van der Waals surface area contributed by atoms with Gasteiger partial charge in [-0.15, -0.1) is 0 Å². The Labute approximate surface area is 77.2 Å². The average molecular weight is 232 g/mol. The molecule has 1 aromatic carbocycles. The van der Waals surface area contributed by atoms with E-state index in [9.17, 15) is 0 Å². The number of phenolic OH excluding ortho intramolecular Hbond substituents is 1. The number of nitrogens with zero attached hydrogens (tertiary/aromatic N) is 1. The SMILES string of the molecule is N#Cc1cc(Br)cc(O)c1Cl. The second-order valence-electron chi connectivity index (χ2n) is 1.90. The van der Waals surface area contributed by atoms with Crippen molar-refractivity contribution in [2.24, 2.45) is 0 Å². The van der Waals surface area contributed by atoms with Crippen molar-refractivity contribution < 1.29 is 5.11 Å². The summed E-state index contributed by atoms with van der Waals surface area (Å²) in [6.45, 7) is 0. The fourth-order valence-corrected chi connectivity index (χ4v) is 1.25. The van der Waals surface area contributed by atoms with E-state index >= 15 is 0 Å². The first kappa shape index (κ1) is 8.38. The van der Waals surface area contributed by atoms with Gasteiger partial charge in [-0.05, 0) is 12.1 Å². The lowest BCUT2D eigenvalue weighted by molar-refractivity contribution is 0.475.